The Labute approximate surface area is 168 Å². The van der Waals surface area contributed by atoms with Crippen molar-refractivity contribution in [2.24, 2.45) is 5.10 Å². The zero-order valence-corrected chi connectivity index (χ0v) is 16.6. The van der Waals surface area contributed by atoms with Crippen LogP contribution in [-0.2, 0) is 0 Å². The Morgan fingerprint density at radius 1 is 1.32 bits per heavy atom. The quantitative estimate of drug-likeness (QED) is 0.445. The maximum absolute atomic E-state index is 12.3. The molecule has 28 heavy (non-hydrogen) atoms. The van der Waals surface area contributed by atoms with Crippen molar-refractivity contribution in [1.82, 2.24) is 5.43 Å². The van der Waals surface area contributed by atoms with Crippen molar-refractivity contribution in [1.29, 1.82) is 0 Å². The van der Waals surface area contributed by atoms with E-state index in [1.54, 1.807) is 31.4 Å². The Balaban J connectivity index is 1.77. The predicted molar refractivity (Wildman–Crippen MR) is 110 cm³/mol. The summed E-state index contributed by atoms with van der Waals surface area (Å²) in [5.41, 5.74) is 3.73. The fourth-order valence-electron chi connectivity index (χ4n) is 2.55. The third kappa shape index (κ3) is 4.46. The normalized spacial score (nSPS) is 12.3. The second kappa shape index (κ2) is 8.80. The van der Waals surface area contributed by atoms with E-state index in [0.717, 1.165) is 11.8 Å². The molecule has 0 radical (unpaired) electrons. The van der Waals surface area contributed by atoms with Crippen molar-refractivity contribution in [3.8, 4) is 11.5 Å². The molecule has 6 nitrogen and oxygen atoms in total. The van der Waals surface area contributed by atoms with E-state index in [9.17, 15) is 4.79 Å². The molecule has 1 aromatic heterocycles. The van der Waals surface area contributed by atoms with Gasteiger partial charge in [0, 0.05) is 16.0 Å². The molecule has 0 unspecified atom stereocenters. The van der Waals surface area contributed by atoms with Crippen molar-refractivity contribution < 1.29 is 18.7 Å². The number of hydrazone groups is 1. The topological polar surface area (TPSA) is 73.1 Å². The molecule has 146 valence electrons. The number of hydrogen-bond donors (Lipinski definition) is 1. The molecule has 1 N–H and O–H groups in total. The van der Waals surface area contributed by atoms with Crippen LogP contribution in [0.25, 0.3) is 11.0 Å². The highest BCUT2D eigenvalue weighted by Gasteiger charge is 2.14. The number of nitrogens with zero attached hydrogens (tertiary/aromatic N) is 1. The van der Waals surface area contributed by atoms with E-state index >= 15 is 0 Å². The number of amides is 1. The summed E-state index contributed by atoms with van der Waals surface area (Å²) in [5, 5.41) is 5.35. The Hall–Kier alpha value is -2.99. The van der Waals surface area contributed by atoms with Gasteiger partial charge in [-0.2, -0.15) is 5.10 Å². The summed E-state index contributed by atoms with van der Waals surface area (Å²) in [6.07, 6.45) is 2.37. The monoisotopic (exact) mass is 400 g/mol. The number of hydrogen-bond acceptors (Lipinski definition) is 5. The number of nitrogens with one attached hydrogen (secondary N) is 1. The van der Waals surface area contributed by atoms with Gasteiger partial charge in [0.15, 0.2) is 17.3 Å². The van der Waals surface area contributed by atoms with E-state index in [4.69, 9.17) is 25.5 Å². The number of carbonyl (C=O) groups is 1. The van der Waals surface area contributed by atoms with Crippen LogP contribution in [0, 0.1) is 0 Å². The number of halogens is 1. The summed E-state index contributed by atoms with van der Waals surface area (Å²) in [4.78, 5) is 12.3. The van der Waals surface area contributed by atoms with E-state index in [1.165, 1.54) is 6.21 Å². The minimum absolute atomic E-state index is 0.0143. The zero-order valence-electron chi connectivity index (χ0n) is 15.9. The number of rotatable bonds is 7. The maximum atomic E-state index is 12.3. The van der Waals surface area contributed by atoms with E-state index < -0.39 is 5.91 Å². The second-order valence-electron chi connectivity index (χ2n) is 6.21. The molecular formula is C21H21ClN2O4. The lowest BCUT2D eigenvalue weighted by Gasteiger charge is -2.17. The molecule has 1 atom stereocenters. The Bertz CT molecular complexity index is 1010. The van der Waals surface area contributed by atoms with Gasteiger partial charge in [-0.1, -0.05) is 24.6 Å². The van der Waals surface area contributed by atoms with Gasteiger partial charge in [-0.15, -0.1) is 0 Å². The third-order valence-corrected chi connectivity index (χ3v) is 4.43. The number of para-hydroxylation sites is 1. The summed E-state index contributed by atoms with van der Waals surface area (Å²) in [5.74, 6) is 0.868. The number of carbonyl (C=O) groups excluding carboxylic acids is 1. The highest BCUT2D eigenvalue weighted by atomic mass is 35.5. The SMILES string of the molecule is CC[C@@H](C)Oc1c(/C=N/NC(=O)c2cc3cc(Cl)ccc3o2)cccc1OC. The van der Waals surface area contributed by atoms with E-state index in [0.29, 0.717) is 27.7 Å². The van der Waals surface area contributed by atoms with Gasteiger partial charge in [0.2, 0.25) is 0 Å². The summed E-state index contributed by atoms with van der Waals surface area (Å²) >= 11 is 5.96. The summed E-state index contributed by atoms with van der Waals surface area (Å²) in [6.45, 7) is 4.01. The van der Waals surface area contributed by atoms with Crippen LogP contribution < -0.4 is 14.9 Å². The van der Waals surface area contributed by atoms with Crippen LogP contribution in [0.5, 0.6) is 11.5 Å². The highest BCUT2D eigenvalue weighted by Crippen LogP contribution is 2.31. The van der Waals surface area contributed by atoms with Gasteiger partial charge in [-0.05, 0) is 49.7 Å². The fraction of sp³-hybridized carbons (Fsp3) is 0.238. The van der Waals surface area contributed by atoms with E-state index in [2.05, 4.69) is 10.5 Å². The Kier molecular flexibility index (Phi) is 6.21. The molecule has 1 heterocycles. The number of furan rings is 1. The predicted octanol–water partition coefficient (Wildman–Crippen LogP) is 5.04. The van der Waals surface area contributed by atoms with Crippen molar-refractivity contribution in [2.75, 3.05) is 7.11 Å². The summed E-state index contributed by atoms with van der Waals surface area (Å²) in [7, 11) is 1.58. The molecule has 7 heteroatoms. The van der Waals surface area contributed by atoms with Crippen LogP contribution in [0.4, 0.5) is 0 Å². The molecule has 0 saturated heterocycles. The first kappa shape index (κ1) is 19.8. The lowest BCUT2D eigenvalue weighted by Crippen LogP contribution is -2.17. The van der Waals surface area contributed by atoms with Crippen molar-refractivity contribution in [3.05, 3.63) is 58.8 Å². The average Bonchev–Trinajstić information content (AvgIpc) is 3.12. The van der Waals surface area contributed by atoms with Crippen LogP contribution in [0.2, 0.25) is 5.02 Å². The van der Waals surface area contributed by atoms with Gasteiger partial charge in [0.1, 0.15) is 5.58 Å². The molecule has 0 aliphatic heterocycles. The van der Waals surface area contributed by atoms with Crippen LogP contribution in [-0.4, -0.2) is 25.3 Å². The minimum Gasteiger partial charge on any atom is -0.493 e. The van der Waals surface area contributed by atoms with Crippen LogP contribution >= 0.6 is 11.6 Å². The molecule has 1 amide bonds. The number of benzene rings is 2. The molecule has 0 aliphatic carbocycles. The molecule has 2 aromatic carbocycles. The average molecular weight is 401 g/mol. The number of fused-ring (bicyclic) bond motifs is 1. The Morgan fingerprint density at radius 2 is 2.14 bits per heavy atom. The first-order valence-corrected chi connectivity index (χ1v) is 9.25. The van der Waals surface area contributed by atoms with Crippen LogP contribution in [0.3, 0.4) is 0 Å². The second-order valence-corrected chi connectivity index (χ2v) is 6.64. The smallest absolute Gasteiger partial charge is 0.307 e. The zero-order chi connectivity index (χ0) is 20.1. The van der Waals surface area contributed by atoms with Crippen molar-refractivity contribution in [2.45, 2.75) is 26.4 Å². The summed E-state index contributed by atoms with van der Waals surface area (Å²) in [6, 6.07) is 12.2. The summed E-state index contributed by atoms with van der Waals surface area (Å²) < 4.78 is 16.8. The van der Waals surface area contributed by atoms with Crippen molar-refractivity contribution in [3.63, 3.8) is 0 Å². The van der Waals surface area contributed by atoms with E-state index in [-0.39, 0.29) is 11.9 Å². The lowest BCUT2D eigenvalue weighted by atomic mass is 10.2. The molecule has 0 spiro atoms. The minimum atomic E-state index is -0.462. The van der Waals surface area contributed by atoms with Gasteiger partial charge in [-0.3, -0.25) is 4.79 Å². The Morgan fingerprint density at radius 3 is 2.89 bits per heavy atom. The highest BCUT2D eigenvalue weighted by molar-refractivity contribution is 6.31. The first-order valence-electron chi connectivity index (χ1n) is 8.88. The molecule has 0 fully saturated rings. The number of methoxy groups -OCH3 is 1. The standard InChI is InChI=1S/C21H21ClN2O4/c1-4-13(2)27-20-14(6-5-7-18(20)26-3)12-23-24-21(25)19-11-15-10-16(22)8-9-17(15)28-19/h5-13H,4H2,1-3H3,(H,24,25)/b23-12+/t13-/m1/s1. The van der Waals surface area contributed by atoms with Gasteiger partial charge in [-0.25, -0.2) is 5.43 Å². The lowest BCUT2D eigenvalue weighted by molar-refractivity contribution is 0.0929. The molecule has 3 rings (SSSR count). The number of ether oxygens (including phenoxy) is 2. The molecular weight excluding hydrogens is 380 g/mol. The van der Waals surface area contributed by atoms with Crippen LogP contribution in [0.1, 0.15) is 36.4 Å². The van der Waals surface area contributed by atoms with Crippen molar-refractivity contribution >= 4 is 34.7 Å². The molecule has 0 saturated carbocycles. The first-order chi connectivity index (χ1) is 13.5. The molecule has 0 bridgehead atoms. The largest absolute Gasteiger partial charge is 0.493 e. The van der Waals surface area contributed by atoms with Gasteiger partial charge >= 0.3 is 5.91 Å². The van der Waals surface area contributed by atoms with Crippen LogP contribution in [0.15, 0.2) is 52.0 Å². The van der Waals surface area contributed by atoms with E-state index in [1.807, 2.05) is 32.0 Å². The van der Waals surface area contributed by atoms with Gasteiger partial charge in [0.05, 0.1) is 19.4 Å². The third-order valence-electron chi connectivity index (χ3n) is 4.20. The maximum Gasteiger partial charge on any atom is 0.307 e. The molecule has 3 aromatic rings. The molecule has 0 aliphatic rings. The van der Waals surface area contributed by atoms with Gasteiger partial charge < -0.3 is 13.9 Å². The fourth-order valence-corrected chi connectivity index (χ4v) is 2.73. The van der Waals surface area contributed by atoms with Gasteiger partial charge in [0.25, 0.3) is 0 Å².